The first-order valence-electron chi connectivity index (χ1n) is 7.34. The highest BCUT2D eigenvalue weighted by Crippen LogP contribution is 2.20. The van der Waals surface area contributed by atoms with Crippen molar-refractivity contribution in [2.45, 2.75) is 26.4 Å². The highest BCUT2D eigenvalue weighted by molar-refractivity contribution is 5.95. The third-order valence-electron chi connectivity index (χ3n) is 3.37. The van der Waals surface area contributed by atoms with Gasteiger partial charge in [-0.05, 0) is 48.5 Å². The van der Waals surface area contributed by atoms with Crippen LogP contribution >= 0.6 is 0 Å². The van der Waals surface area contributed by atoms with Crippen LogP contribution in [0, 0.1) is 0 Å². The normalized spacial score (nSPS) is 10.9. The highest BCUT2D eigenvalue weighted by Gasteiger charge is 2.13. The topological polar surface area (TPSA) is 85.8 Å². The monoisotopic (exact) mass is 311 g/mol. The van der Waals surface area contributed by atoms with E-state index in [1.165, 1.54) is 0 Å². The molecule has 1 aromatic carbocycles. The highest BCUT2D eigenvalue weighted by atomic mass is 16.3. The number of benzene rings is 1. The minimum absolute atomic E-state index is 0.136. The van der Waals surface area contributed by atoms with E-state index in [4.69, 9.17) is 4.42 Å². The van der Waals surface area contributed by atoms with Crippen LogP contribution in [0.5, 0.6) is 0 Å². The van der Waals surface area contributed by atoms with Crippen molar-refractivity contribution in [3.05, 3.63) is 54.0 Å². The number of nitrogens with one attached hydrogen (secondary N) is 1. The van der Waals surface area contributed by atoms with E-state index in [-0.39, 0.29) is 11.9 Å². The first kappa shape index (κ1) is 15.0. The molecule has 3 rings (SSSR count). The van der Waals surface area contributed by atoms with Crippen LogP contribution in [0.4, 0.5) is 0 Å². The van der Waals surface area contributed by atoms with E-state index in [0.717, 1.165) is 5.56 Å². The van der Waals surface area contributed by atoms with Gasteiger partial charge in [-0.2, -0.15) is 0 Å². The van der Waals surface area contributed by atoms with Crippen molar-refractivity contribution in [1.82, 2.24) is 25.5 Å². The minimum atomic E-state index is -0.174. The standard InChI is InChI=1S/C16H17N5O2/c1-11(2)21-15(18-19-20-21)12-5-3-6-13(9-12)16(22)17-10-14-7-4-8-23-14/h3-9,11H,10H2,1-2H3,(H,17,22). The fourth-order valence-electron chi connectivity index (χ4n) is 2.21. The van der Waals surface area contributed by atoms with Crippen molar-refractivity contribution in [3.63, 3.8) is 0 Å². The molecule has 1 N–H and O–H groups in total. The first-order valence-corrected chi connectivity index (χ1v) is 7.34. The average molecular weight is 311 g/mol. The van der Waals surface area contributed by atoms with E-state index in [1.54, 1.807) is 29.1 Å². The Morgan fingerprint density at radius 3 is 2.91 bits per heavy atom. The number of carbonyl (C=O) groups is 1. The fourth-order valence-corrected chi connectivity index (χ4v) is 2.21. The van der Waals surface area contributed by atoms with Crippen molar-refractivity contribution in [1.29, 1.82) is 0 Å². The Morgan fingerprint density at radius 2 is 2.17 bits per heavy atom. The molecule has 7 nitrogen and oxygen atoms in total. The van der Waals surface area contributed by atoms with Crippen LogP contribution in [0.3, 0.4) is 0 Å². The molecule has 2 aromatic heterocycles. The Hall–Kier alpha value is -2.96. The maximum Gasteiger partial charge on any atom is 0.251 e. The van der Waals surface area contributed by atoms with Gasteiger partial charge in [0.05, 0.1) is 18.8 Å². The van der Waals surface area contributed by atoms with E-state index in [9.17, 15) is 4.79 Å². The second-order valence-corrected chi connectivity index (χ2v) is 5.38. The molecule has 0 unspecified atom stereocenters. The van der Waals surface area contributed by atoms with Gasteiger partial charge in [0.1, 0.15) is 5.76 Å². The van der Waals surface area contributed by atoms with Crippen molar-refractivity contribution in [2.24, 2.45) is 0 Å². The molecule has 0 bridgehead atoms. The molecule has 0 fully saturated rings. The number of amides is 1. The molecule has 7 heteroatoms. The van der Waals surface area contributed by atoms with Crippen molar-refractivity contribution >= 4 is 5.91 Å². The zero-order valence-electron chi connectivity index (χ0n) is 12.9. The van der Waals surface area contributed by atoms with Gasteiger partial charge >= 0.3 is 0 Å². The molecule has 3 aromatic rings. The predicted octanol–water partition coefficient (Wildman–Crippen LogP) is 2.44. The number of nitrogens with zero attached hydrogens (tertiary/aromatic N) is 4. The van der Waals surface area contributed by atoms with E-state index < -0.39 is 0 Å². The Kier molecular flexibility index (Phi) is 4.18. The Morgan fingerprint density at radius 1 is 1.30 bits per heavy atom. The number of carbonyl (C=O) groups excluding carboxylic acids is 1. The van der Waals surface area contributed by atoms with Crippen LogP contribution < -0.4 is 5.32 Å². The van der Waals surface area contributed by atoms with Gasteiger partial charge in [-0.25, -0.2) is 4.68 Å². The van der Waals surface area contributed by atoms with Crippen LogP contribution in [0.1, 0.15) is 36.0 Å². The summed E-state index contributed by atoms with van der Waals surface area (Å²) in [4.78, 5) is 12.3. The molecule has 0 radical (unpaired) electrons. The van der Waals surface area contributed by atoms with Gasteiger partial charge in [0, 0.05) is 11.1 Å². The Labute approximate surface area is 133 Å². The van der Waals surface area contributed by atoms with Crippen molar-refractivity contribution < 1.29 is 9.21 Å². The summed E-state index contributed by atoms with van der Waals surface area (Å²) < 4.78 is 6.92. The van der Waals surface area contributed by atoms with Gasteiger partial charge in [-0.3, -0.25) is 4.79 Å². The molecule has 1 amide bonds. The summed E-state index contributed by atoms with van der Waals surface area (Å²) in [5.41, 5.74) is 1.35. The van der Waals surface area contributed by atoms with E-state index >= 15 is 0 Å². The van der Waals surface area contributed by atoms with Gasteiger partial charge in [0.2, 0.25) is 0 Å². The average Bonchev–Trinajstić information content (AvgIpc) is 3.24. The van der Waals surface area contributed by atoms with Crippen LogP contribution in [0.15, 0.2) is 47.1 Å². The predicted molar refractivity (Wildman–Crippen MR) is 83.5 cm³/mol. The quantitative estimate of drug-likeness (QED) is 0.782. The lowest BCUT2D eigenvalue weighted by Gasteiger charge is -2.09. The lowest BCUT2D eigenvalue weighted by Crippen LogP contribution is -2.22. The molecule has 0 saturated heterocycles. The van der Waals surface area contributed by atoms with Gasteiger partial charge in [-0.1, -0.05) is 12.1 Å². The summed E-state index contributed by atoms with van der Waals surface area (Å²) in [7, 11) is 0. The Bertz CT molecular complexity index is 792. The van der Waals surface area contributed by atoms with Crippen molar-refractivity contribution in [3.8, 4) is 11.4 Å². The largest absolute Gasteiger partial charge is 0.467 e. The van der Waals surface area contributed by atoms with Gasteiger partial charge in [-0.15, -0.1) is 5.10 Å². The molecule has 0 aliphatic rings. The van der Waals surface area contributed by atoms with Gasteiger partial charge in [0.15, 0.2) is 5.82 Å². The molecule has 0 spiro atoms. The number of rotatable bonds is 5. The maximum absolute atomic E-state index is 12.3. The van der Waals surface area contributed by atoms with Gasteiger partial charge in [0.25, 0.3) is 5.91 Å². The first-order chi connectivity index (χ1) is 11.1. The zero-order chi connectivity index (χ0) is 16.2. The number of hydrogen-bond donors (Lipinski definition) is 1. The summed E-state index contributed by atoms with van der Waals surface area (Å²) in [5.74, 6) is 1.17. The smallest absolute Gasteiger partial charge is 0.251 e. The third-order valence-corrected chi connectivity index (χ3v) is 3.37. The molecule has 0 saturated carbocycles. The van der Waals surface area contributed by atoms with Gasteiger partial charge < -0.3 is 9.73 Å². The minimum Gasteiger partial charge on any atom is -0.467 e. The van der Waals surface area contributed by atoms with Crippen LogP contribution in [0.25, 0.3) is 11.4 Å². The third kappa shape index (κ3) is 3.28. The summed E-state index contributed by atoms with van der Waals surface area (Å²) in [6, 6.07) is 11.0. The maximum atomic E-state index is 12.3. The SMILES string of the molecule is CC(C)n1nnnc1-c1cccc(C(=O)NCc2ccco2)c1. The van der Waals surface area contributed by atoms with Crippen LogP contribution in [-0.2, 0) is 6.54 Å². The molecule has 2 heterocycles. The fraction of sp³-hybridized carbons (Fsp3) is 0.250. The molecule has 23 heavy (non-hydrogen) atoms. The lowest BCUT2D eigenvalue weighted by molar-refractivity contribution is 0.0948. The summed E-state index contributed by atoms with van der Waals surface area (Å²) >= 11 is 0. The van der Waals surface area contributed by atoms with E-state index in [2.05, 4.69) is 20.8 Å². The molecule has 118 valence electrons. The number of hydrogen-bond acceptors (Lipinski definition) is 5. The van der Waals surface area contributed by atoms with E-state index in [0.29, 0.717) is 23.7 Å². The summed E-state index contributed by atoms with van der Waals surface area (Å²) in [5, 5.41) is 14.6. The molecular weight excluding hydrogens is 294 g/mol. The zero-order valence-corrected chi connectivity index (χ0v) is 12.9. The number of tetrazole rings is 1. The molecular formula is C16H17N5O2. The van der Waals surface area contributed by atoms with E-state index in [1.807, 2.05) is 32.0 Å². The number of furan rings is 1. The van der Waals surface area contributed by atoms with Crippen LogP contribution in [-0.4, -0.2) is 26.1 Å². The Balaban J connectivity index is 1.79. The van der Waals surface area contributed by atoms with Crippen molar-refractivity contribution in [2.75, 3.05) is 0 Å². The van der Waals surface area contributed by atoms with Crippen LogP contribution in [0.2, 0.25) is 0 Å². The molecule has 0 aliphatic heterocycles. The molecule has 0 aliphatic carbocycles. The second-order valence-electron chi connectivity index (χ2n) is 5.38. The summed E-state index contributed by atoms with van der Waals surface area (Å²) in [6.45, 7) is 4.35. The second kappa shape index (κ2) is 6.43. The lowest BCUT2D eigenvalue weighted by atomic mass is 10.1. The number of aromatic nitrogens is 4. The molecule has 0 atom stereocenters. The summed E-state index contributed by atoms with van der Waals surface area (Å²) in [6.07, 6.45) is 1.58.